The third kappa shape index (κ3) is 4.52. The summed E-state index contributed by atoms with van der Waals surface area (Å²) in [6.45, 7) is 2.65. The van der Waals surface area contributed by atoms with Crippen LogP contribution in [-0.4, -0.2) is 23.9 Å². The average Bonchev–Trinajstić information content (AvgIpc) is 3.56. The maximum Gasteiger partial charge on any atom is 0.252 e. The van der Waals surface area contributed by atoms with E-state index < -0.39 is 0 Å². The van der Waals surface area contributed by atoms with Crippen LogP contribution in [-0.2, 0) is 24.1 Å². The lowest BCUT2D eigenvalue weighted by molar-refractivity contribution is -0.119. The van der Waals surface area contributed by atoms with Gasteiger partial charge in [0.05, 0.1) is 5.56 Å². The van der Waals surface area contributed by atoms with Crippen LogP contribution >= 0.6 is 11.3 Å². The largest absolute Gasteiger partial charge is 0.352 e. The highest BCUT2D eigenvalue weighted by atomic mass is 32.1. The first-order chi connectivity index (χ1) is 13.5. The van der Waals surface area contributed by atoms with E-state index in [0.717, 1.165) is 66.8 Å². The second-order valence-electron chi connectivity index (χ2n) is 8.63. The summed E-state index contributed by atoms with van der Waals surface area (Å²) >= 11 is 1.68. The number of rotatable bonds is 8. The Hall–Kier alpha value is -2.00. The smallest absolute Gasteiger partial charge is 0.252 e. The van der Waals surface area contributed by atoms with Gasteiger partial charge in [0.25, 0.3) is 5.91 Å². The Kier molecular flexibility index (Phi) is 5.63. The summed E-state index contributed by atoms with van der Waals surface area (Å²) < 4.78 is 0. The van der Waals surface area contributed by atoms with Gasteiger partial charge >= 0.3 is 0 Å². The molecule has 1 unspecified atom stereocenters. The Bertz CT molecular complexity index is 856. The van der Waals surface area contributed by atoms with Crippen LogP contribution in [0.5, 0.6) is 0 Å². The predicted molar refractivity (Wildman–Crippen MR) is 110 cm³/mol. The Morgan fingerprint density at radius 2 is 2.00 bits per heavy atom. The molecule has 6 heteroatoms. The Labute approximate surface area is 170 Å². The van der Waals surface area contributed by atoms with Gasteiger partial charge in [-0.05, 0) is 75.7 Å². The predicted octanol–water partition coefficient (Wildman–Crippen LogP) is 3.85. The van der Waals surface area contributed by atoms with Gasteiger partial charge < -0.3 is 5.32 Å². The van der Waals surface area contributed by atoms with Gasteiger partial charge in [-0.3, -0.25) is 9.59 Å². The Morgan fingerprint density at radius 1 is 1.21 bits per heavy atom. The molecule has 148 valence electrons. The van der Waals surface area contributed by atoms with Gasteiger partial charge in [-0.25, -0.2) is 0 Å². The number of aliphatic imine (C=N–C) groups is 1. The van der Waals surface area contributed by atoms with Crippen LogP contribution in [0.1, 0.15) is 71.1 Å². The van der Waals surface area contributed by atoms with Crippen molar-refractivity contribution in [2.24, 2.45) is 22.7 Å². The lowest BCUT2D eigenvalue weighted by atomic mass is 9.83. The molecule has 0 aliphatic heterocycles. The number of carbonyl (C=O) groups is 2. The molecule has 0 radical (unpaired) electrons. The van der Waals surface area contributed by atoms with Gasteiger partial charge in [-0.15, -0.1) is 11.3 Å². The van der Waals surface area contributed by atoms with Crippen LogP contribution in [0.25, 0.3) is 0 Å². The molecule has 0 saturated heterocycles. The minimum Gasteiger partial charge on any atom is -0.352 e. The third-order valence-corrected chi connectivity index (χ3v) is 7.40. The van der Waals surface area contributed by atoms with Crippen LogP contribution < -0.4 is 5.32 Å². The van der Waals surface area contributed by atoms with E-state index >= 15 is 0 Å². The topological polar surface area (TPSA) is 82.3 Å². The van der Waals surface area contributed by atoms with Gasteiger partial charge in [0, 0.05) is 34.3 Å². The normalized spacial score (nSPS) is 21.7. The van der Waals surface area contributed by atoms with Gasteiger partial charge in [0.2, 0.25) is 6.19 Å². The molecule has 1 heterocycles. The summed E-state index contributed by atoms with van der Waals surface area (Å²) in [7, 11) is 0. The van der Waals surface area contributed by atoms with Gasteiger partial charge in [-0.1, -0.05) is 0 Å². The molecule has 4 rings (SSSR count). The van der Waals surface area contributed by atoms with Crippen molar-refractivity contribution >= 4 is 28.7 Å². The molecule has 3 aliphatic carbocycles. The maximum atomic E-state index is 13.0. The number of nitrogens with one attached hydrogen (secondary N) is 1. The van der Waals surface area contributed by atoms with Crippen LogP contribution in [0.2, 0.25) is 0 Å². The van der Waals surface area contributed by atoms with Gasteiger partial charge in [0.1, 0.15) is 5.78 Å². The monoisotopic (exact) mass is 397 g/mol. The number of thiophene rings is 1. The number of nitrogens with zero attached hydrogens (tertiary/aromatic N) is 2. The highest BCUT2D eigenvalue weighted by molar-refractivity contribution is 7.12. The summed E-state index contributed by atoms with van der Waals surface area (Å²) in [6.07, 6.45) is 10.3. The number of carbonyl (C=O) groups excluding carboxylic acids is 2. The summed E-state index contributed by atoms with van der Waals surface area (Å²) in [6, 6.07) is 0. The van der Waals surface area contributed by atoms with Crippen molar-refractivity contribution in [2.75, 3.05) is 6.54 Å². The summed E-state index contributed by atoms with van der Waals surface area (Å²) in [5, 5.41) is 11.9. The van der Waals surface area contributed by atoms with Crippen molar-refractivity contribution < 1.29 is 9.59 Å². The molecule has 3 aliphatic rings. The molecule has 1 aromatic heterocycles. The van der Waals surface area contributed by atoms with E-state index in [1.165, 1.54) is 17.7 Å². The van der Waals surface area contributed by atoms with E-state index in [1.807, 2.05) is 13.1 Å². The quantitative estimate of drug-likeness (QED) is 0.534. The number of fused-ring (bicyclic) bond motifs is 1. The molecular formula is C22H27N3O2S. The van der Waals surface area contributed by atoms with Crippen LogP contribution in [0.3, 0.4) is 0 Å². The minimum atomic E-state index is 0.00561. The highest BCUT2D eigenvalue weighted by Crippen LogP contribution is 2.40. The van der Waals surface area contributed by atoms with Crippen molar-refractivity contribution in [3.8, 4) is 6.19 Å². The van der Waals surface area contributed by atoms with Crippen molar-refractivity contribution in [3.05, 3.63) is 20.9 Å². The highest BCUT2D eigenvalue weighted by Gasteiger charge is 2.34. The lowest BCUT2D eigenvalue weighted by Crippen LogP contribution is -2.28. The van der Waals surface area contributed by atoms with E-state index in [1.54, 1.807) is 11.3 Å². The second kappa shape index (κ2) is 8.16. The third-order valence-electron chi connectivity index (χ3n) is 6.10. The maximum absolute atomic E-state index is 13.0. The molecule has 2 saturated carbocycles. The van der Waals surface area contributed by atoms with Crippen LogP contribution in [0.4, 0.5) is 0 Å². The standard InChI is InChI=1S/C22H27N3O2S/c1-13(25-12-23)8-15-4-7-19-17(9-15)21(22(27)24-11-14-2-3-14)20(28-19)10-18(26)16-5-6-16/h14-16H,2-11H2,1H3,(H,24,27). The minimum absolute atomic E-state index is 0.00561. The molecule has 28 heavy (non-hydrogen) atoms. The van der Waals surface area contributed by atoms with E-state index in [4.69, 9.17) is 5.26 Å². The molecule has 2 fully saturated rings. The first-order valence-electron chi connectivity index (χ1n) is 10.4. The van der Waals surface area contributed by atoms with E-state index in [9.17, 15) is 9.59 Å². The summed E-state index contributed by atoms with van der Waals surface area (Å²) in [4.78, 5) is 31.6. The van der Waals surface area contributed by atoms with E-state index in [0.29, 0.717) is 24.0 Å². The van der Waals surface area contributed by atoms with Crippen molar-refractivity contribution in [1.29, 1.82) is 5.26 Å². The Morgan fingerprint density at radius 3 is 2.68 bits per heavy atom. The molecule has 0 spiro atoms. The Balaban J connectivity index is 1.56. The molecule has 1 atom stereocenters. The first-order valence-corrected chi connectivity index (χ1v) is 11.2. The van der Waals surface area contributed by atoms with Gasteiger partial charge in [-0.2, -0.15) is 10.3 Å². The number of amides is 1. The van der Waals surface area contributed by atoms with Crippen LogP contribution in [0, 0.1) is 29.2 Å². The molecule has 5 nitrogen and oxygen atoms in total. The zero-order valence-electron chi connectivity index (χ0n) is 16.4. The zero-order chi connectivity index (χ0) is 19.7. The molecule has 1 aromatic rings. The van der Waals surface area contributed by atoms with Crippen molar-refractivity contribution in [1.82, 2.24) is 5.32 Å². The van der Waals surface area contributed by atoms with Crippen molar-refractivity contribution in [3.63, 3.8) is 0 Å². The number of ketones is 1. The number of Topliss-reactive ketones (excluding diaryl/α,β-unsaturated/α-hetero) is 1. The SMILES string of the molecule is CC(CC1CCc2sc(CC(=O)C3CC3)c(C(=O)NCC3CC3)c2C1)=NC#N. The van der Waals surface area contributed by atoms with E-state index in [2.05, 4.69) is 10.3 Å². The number of hydrogen-bond donors (Lipinski definition) is 1. The fourth-order valence-corrected chi connectivity index (χ4v) is 5.54. The second-order valence-corrected chi connectivity index (χ2v) is 9.82. The fraction of sp³-hybridized carbons (Fsp3) is 0.636. The molecule has 0 bridgehead atoms. The summed E-state index contributed by atoms with van der Waals surface area (Å²) in [5.41, 5.74) is 2.79. The van der Waals surface area contributed by atoms with Gasteiger partial charge in [0.15, 0.2) is 0 Å². The zero-order valence-corrected chi connectivity index (χ0v) is 17.2. The molecule has 0 aromatic carbocycles. The van der Waals surface area contributed by atoms with Crippen LogP contribution in [0.15, 0.2) is 4.99 Å². The van der Waals surface area contributed by atoms with Crippen molar-refractivity contribution in [2.45, 2.75) is 64.7 Å². The lowest BCUT2D eigenvalue weighted by Gasteiger charge is -2.23. The number of hydrogen-bond acceptors (Lipinski definition) is 5. The molecular weight excluding hydrogens is 370 g/mol. The number of aryl methyl sites for hydroxylation is 1. The summed E-state index contributed by atoms with van der Waals surface area (Å²) in [5.74, 6) is 1.56. The molecule has 1 N–H and O–H groups in total. The number of nitriles is 1. The fourth-order valence-electron chi connectivity index (χ4n) is 4.18. The first kappa shape index (κ1) is 19.3. The average molecular weight is 398 g/mol. The van der Waals surface area contributed by atoms with E-state index in [-0.39, 0.29) is 11.8 Å². The molecule has 1 amide bonds.